The lowest BCUT2D eigenvalue weighted by atomic mass is 10.0. The topological polar surface area (TPSA) is 117 Å². The minimum Gasteiger partial charge on any atom is -0.491 e. The van der Waals surface area contributed by atoms with Crippen LogP contribution in [0, 0.1) is 0 Å². The molecule has 0 saturated carbocycles. The molecule has 1 saturated heterocycles. The number of para-hydroxylation sites is 1. The van der Waals surface area contributed by atoms with E-state index in [1.54, 1.807) is 41.1 Å². The van der Waals surface area contributed by atoms with Gasteiger partial charge in [-0.3, -0.25) is 19.2 Å². The fourth-order valence-corrected chi connectivity index (χ4v) is 7.26. The van der Waals surface area contributed by atoms with Gasteiger partial charge in [-0.2, -0.15) is 0 Å². The Morgan fingerprint density at radius 3 is 2.31 bits per heavy atom. The number of nitrogens with zero attached hydrogens (tertiary/aromatic N) is 2. The van der Waals surface area contributed by atoms with Crippen LogP contribution in [0.4, 0.5) is 0 Å². The lowest BCUT2D eigenvalue weighted by Gasteiger charge is -2.30. The van der Waals surface area contributed by atoms with Crippen molar-refractivity contribution in [3.05, 3.63) is 138 Å². The van der Waals surface area contributed by atoms with Crippen molar-refractivity contribution in [1.82, 2.24) is 20.4 Å². The van der Waals surface area contributed by atoms with Gasteiger partial charge in [-0.1, -0.05) is 78.9 Å². The zero-order valence-electron chi connectivity index (χ0n) is 30.3. The van der Waals surface area contributed by atoms with Crippen LogP contribution >= 0.6 is 0 Å². The van der Waals surface area contributed by atoms with Crippen LogP contribution in [0.2, 0.25) is 0 Å². The summed E-state index contributed by atoms with van der Waals surface area (Å²) in [6.45, 7) is 0.821. The number of nitrogens with one attached hydrogen (secondary N) is 2. The Morgan fingerprint density at radius 1 is 0.759 bits per heavy atom. The third-order valence-electron chi connectivity index (χ3n) is 9.97. The molecular formula is C44H44N4O6. The molecule has 7 rings (SSSR count). The number of fused-ring (bicyclic) bond motifs is 4. The Kier molecular flexibility index (Phi) is 11.2. The first-order valence-electron chi connectivity index (χ1n) is 18.4. The first kappa shape index (κ1) is 36.2. The van der Waals surface area contributed by atoms with Crippen LogP contribution in [0.5, 0.6) is 17.2 Å². The summed E-state index contributed by atoms with van der Waals surface area (Å²) in [5.74, 6) is 1.03. The zero-order chi connectivity index (χ0) is 37.4. The Labute approximate surface area is 315 Å². The predicted octanol–water partition coefficient (Wildman–Crippen LogP) is 5.93. The summed E-state index contributed by atoms with van der Waals surface area (Å²) < 4.78 is 12.2. The molecule has 2 aliphatic heterocycles. The quantitative estimate of drug-likeness (QED) is 0.205. The molecule has 4 amide bonds. The summed E-state index contributed by atoms with van der Waals surface area (Å²) in [5, 5.41) is 8.29. The van der Waals surface area contributed by atoms with Crippen molar-refractivity contribution in [3.63, 3.8) is 0 Å². The lowest BCUT2D eigenvalue weighted by molar-refractivity contribution is -0.138. The lowest BCUT2D eigenvalue weighted by Crippen LogP contribution is -2.52. The normalized spacial score (nSPS) is 19.0. The zero-order valence-corrected chi connectivity index (χ0v) is 30.3. The number of carbonyl (C=O) groups excluding carboxylic acids is 4. The van der Waals surface area contributed by atoms with E-state index in [1.165, 1.54) is 0 Å². The standard InChI is InChI=1S/C44H44N4O6/c1-47-21-9-18-40(46-42(50)25-31-19-20-32-11-5-6-12-33(32)22-31)44(52)48-28-35(27-36(48)29-53-38-16-8-13-34(26-38)43(47)51)45-41(49)24-30-10-7-17-39(23-30)54-37-14-3-2-4-15-37/h2-8,10-17,19-20,22-23,26,35-36,40H,9,18,21,24-25,27-29H2,1H3,(H,45,49)(H,46,50)/t35-,36-,40-/m0/s1. The molecule has 10 heteroatoms. The molecule has 2 aliphatic rings. The third-order valence-corrected chi connectivity index (χ3v) is 9.97. The van der Waals surface area contributed by atoms with E-state index < -0.39 is 6.04 Å². The van der Waals surface area contributed by atoms with Gasteiger partial charge in [-0.15, -0.1) is 0 Å². The highest BCUT2D eigenvalue weighted by atomic mass is 16.5. The highest BCUT2D eigenvalue weighted by Crippen LogP contribution is 2.25. The smallest absolute Gasteiger partial charge is 0.253 e. The Hall–Kier alpha value is -6.16. The molecule has 1 fully saturated rings. The maximum atomic E-state index is 14.4. The molecule has 0 unspecified atom stereocenters. The summed E-state index contributed by atoms with van der Waals surface area (Å²) in [5.41, 5.74) is 2.15. The molecule has 2 bridgehead atoms. The Balaban J connectivity index is 1.07. The molecule has 5 aromatic carbocycles. The fraction of sp³-hybridized carbons (Fsp3) is 0.273. The van der Waals surface area contributed by atoms with Crippen molar-refractivity contribution in [2.75, 3.05) is 26.7 Å². The van der Waals surface area contributed by atoms with E-state index in [2.05, 4.69) is 10.6 Å². The second-order valence-corrected chi connectivity index (χ2v) is 14.1. The van der Waals surface area contributed by atoms with Crippen molar-refractivity contribution in [3.8, 4) is 17.2 Å². The number of carbonyl (C=O) groups is 4. The number of amides is 4. The number of benzene rings is 5. The molecule has 0 spiro atoms. The highest BCUT2D eigenvalue weighted by molar-refractivity contribution is 5.94. The summed E-state index contributed by atoms with van der Waals surface area (Å²) in [7, 11) is 1.73. The second-order valence-electron chi connectivity index (χ2n) is 14.1. The van der Waals surface area contributed by atoms with E-state index in [-0.39, 0.29) is 61.7 Å². The largest absolute Gasteiger partial charge is 0.491 e. The molecule has 276 valence electrons. The summed E-state index contributed by atoms with van der Waals surface area (Å²) in [6.07, 6.45) is 1.55. The molecule has 0 aliphatic carbocycles. The van der Waals surface area contributed by atoms with Gasteiger partial charge in [0.05, 0.1) is 18.9 Å². The van der Waals surface area contributed by atoms with Gasteiger partial charge in [-0.25, -0.2) is 0 Å². The molecule has 0 radical (unpaired) electrons. The Morgan fingerprint density at radius 2 is 1.48 bits per heavy atom. The van der Waals surface area contributed by atoms with Gasteiger partial charge in [-0.05, 0) is 83.6 Å². The van der Waals surface area contributed by atoms with Crippen LogP contribution in [-0.4, -0.2) is 78.3 Å². The molecule has 3 atom stereocenters. The average Bonchev–Trinajstić information content (AvgIpc) is 3.58. The van der Waals surface area contributed by atoms with E-state index in [0.29, 0.717) is 48.6 Å². The summed E-state index contributed by atoms with van der Waals surface area (Å²) >= 11 is 0. The molecule has 2 N–H and O–H groups in total. The van der Waals surface area contributed by atoms with E-state index in [9.17, 15) is 19.2 Å². The number of rotatable bonds is 8. The molecule has 10 nitrogen and oxygen atoms in total. The third kappa shape index (κ3) is 9.06. The van der Waals surface area contributed by atoms with Crippen molar-refractivity contribution in [2.24, 2.45) is 0 Å². The molecule has 5 aromatic rings. The number of ether oxygens (including phenoxy) is 2. The van der Waals surface area contributed by atoms with Gasteiger partial charge >= 0.3 is 0 Å². The van der Waals surface area contributed by atoms with E-state index >= 15 is 0 Å². The summed E-state index contributed by atoms with van der Waals surface area (Å²) in [4.78, 5) is 58.0. The van der Waals surface area contributed by atoms with Crippen molar-refractivity contribution in [2.45, 2.75) is 50.2 Å². The van der Waals surface area contributed by atoms with Gasteiger partial charge in [0.2, 0.25) is 17.7 Å². The van der Waals surface area contributed by atoms with Crippen LogP contribution in [0.15, 0.2) is 121 Å². The first-order chi connectivity index (χ1) is 26.3. The molecule has 2 heterocycles. The van der Waals surface area contributed by atoms with Gasteiger partial charge in [0.25, 0.3) is 5.91 Å². The first-order valence-corrected chi connectivity index (χ1v) is 18.4. The van der Waals surface area contributed by atoms with Crippen LogP contribution in [0.1, 0.15) is 40.7 Å². The van der Waals surface area contributed by atoms with Crippen LogP contribution in [0.25, 0.3) is 10.8 Å². The van der Waals surface area contributed by atoms with Crippen LogP contribution < -0.4 is 20.1 Å². The maximum Gasteiger partial charge on any atom is 0.253 e. The van der Waals surface area contributed by atoms with Crippen molar-refractivity contribution < 1.29 is 28.7 Å². The van der Waals surface area contributed by atoms with Gasteiger partial charge in [0.15, 0.2) is 0 Å². The fourth-order valence-electron chi connectivity index (χ4n) is 7.26. The van der Waals surface area contributed by atoms with Gasteiger partial charge in [0, 0.05) is 31.7 Å². The van der Waals surface area contributed by atoms with E-state index in [1.807, 2.05) is 97.1 Å². The van der Waals surface area contributed by atoms with E-state index in [4.69, 9.17) is 9.47 Å². The monoisotopic (exact) mass is 724 g/mol. The van der Waals surface area contributed by atoms with Gasteiger partial charge in [0.1, 0.15) is 29.9 Å². The van der Waals surface area contributed by atoms with Crippen LogP contribution in [-0.2, 0) is 27.2 Å². The van der Waals surface area contributed by atoms with Crippen molar-refractivity contribution >= 4 is 34.4 Å². The number of hydrogen-bond acceptors (Lipinski definition) is 6. The van der Waals surface area contributed by atoms with E-state index in [0.717, 1.165) is 21.9 Å². The van der Waals surface area contributed by atoms with Gasteiger partial charge < -0.3 is 29.9 Å². The Bertz CT molecular complexity index is 2140. The van der Waals surface area contributed by atoms with Crippen molar-refractivity contribution in [1.29, 1.82) is 0 Å². The predicted molar refractivity (Wildman–Crippen MR) is 206 cm³/mol. The molecular weight excluding hydrogens is 681 g/mol. The molecule has 54 heavy (non-hydrogen) atoms. The minimum atomic E-state index is -0.827. The van der Waals surface area contributed by atoms with Crippen LogP contribution in [0.3, 0.4) is 0 Å². The number of hydrogen-bond donors (Lipinski definition) is 2. The SMILES string of the molecule is CN1CCC[C@H](NC(=O)Cc2ccc3ccccc3c2)C(=O)N2C[C@@H](NC(=O)Cc3cccc(Oc4ccccc4)c3)C[C@H]2COc2cccc(c2)C1=O. The maximum absolute atomic E-state index is 14.4. The average molecular weight is 725 g/mol. The minimum absolute atomic E-state index is 0.116. The molecule has 0 aromatic heterocycles. The summed E-state index contributed by atoms with van der Waals surface area (Å²) in [6, 6.07) is 36.3. The second kappa shape index (κ2) is 16.7. The highest BCUT2D eigenvalue weighted by Gasteiger charge is 2.39.